The number of carboxylic acids is 1. The van der Waals surface area contributed by atoms with Crippen molar-refractivity contribution in [2.75, 3.05) is 5.32 Å². The first kappa shape index (κ1) is 12.9. The number of rotatable bonds is 3. The molecule has 0 aliphatic heterocycles. The minimum Gasteiger partial charge on any atom is -0.478 e. The molecular weight excluding hydrogens is 320 g/mol. The highest BCUT2D eigenvalue weighted by Gasteiger charge is 2.08. The molecule has 0 radical (unpaired) electrons. The summed E-state index contributed by atoms with van der Waals surface area (Å²) >= 11 is 9.14. The Kier molecular flexibility index (Phi) is 3.84. The molecule has 6 heteroatoms. The van der Waals surface area contributed by atoms with Gasteiger partial charge in [-0.15, -0.1) is 0 Å². The molecule has 0 unspecified atom stereocenters. The van der Waals surface area contributed by atoms with Gasteiger partial charge in [0.25, 0.3) is 0 Å². The number of carboxylic acid groups (broad SMARTS) is 1. The Bertz CT molecular complexity index is 604. The van der Waals surface area contributed by atoms with E-state index >= 15 is 0 Å². The fourth-order valence-electron chi connectivity index (χ4n) is 1.35. The van der Waals surface area contributed by atoms with Gasteiger partial charge in [-0.1, -0.05) is 17.7 Å². The van der Waals surface area contributed by atoms with Gasteiger partial charge in [0.15, 0.2) is 0 Å². The van der Waals surface area contributed by atoms with E-state index in [1.54, 1.807) is 12.1 Å². The third kappa shape index (κ3) is 3.00. The summed E-state index contributed by atoms with van der Waals surface area (Å²) in [7, 11) is 0. The highest BCUT2D eigenvalue weighted by atomic mass is 79.9. The van der Waals surface area contributed by atoms with Crippen molar-refractivity contribution in [2.24, 2.45) is 0 Å². The molecular formula is C12H8BrClN2O2. The zero-order valence-corrected chi connectivity index (χ0v) is 11.4. The molecule has 0 saturated carbocycles. The molecule has 1 aromatic heterocycles. The lowest BCUT2D eigenvalue weighted by atomic mass is 10.3. The first-order chi connectivity index (χ1) is 8.56. The zero-order chi connectivity index (χ0) is 13.1. The summed E-state index contributed by atoms with van der Waals surface area (Å²) in [6, 6.07) is 8.65. The molecule has 0 spiro atoms. The number of benzene rings is 1. The Morgan fingerprint density at radius 2 is 2.17 bits per heavy atom. The molecule has 0 fully saturated rings. The van der Waals surface area contributed by atoms with Crippen molar-refractivity contribution in [3.05, 3.63) is 51.6 Å². The third-order valence-electron chi connectivity index (χ3n) is 2.18. The maximum Gasteiger partial charge on any atom is 0.337 e. The van der Waals surface area contributed by atoms with Crippen LogP contribution in [-0.2, 0) is 0 Å². The molecule has 1 heterocycles. The van der Waals surface area contributed by atoms with Crippen LogP contribution >= 0.6 is 27.5 Å². The van der Waals surface area contributed by atoms with Crippen LogP contribution < -0.4 is 5.32 Å². The summed E-state index contributed by atoms with van der Waals surface area (Å²) < 4.78 is 0.572. The van der Waals surface area contributed by atoms with E-state index < -0.39 is 5.97 Å². The van der Waals surface area contributed by atoms with E-state index in [1.807, 2.05) is 12.1 Å². The lowest BCUT2D eigenvalue weighted by Crippen LogP contribution is -2.00. The van der Waals surface area contributed by atoms with E-state index in [-0.39, 0.29) is 5.56 Å². The molecule has 4 nitrogen and oxygen atoms in total. The maximum absolute atomic E-state index is 10.8. The van der Waals surface area contributed by atoms with Crippen LogP contribution in [0.25, 0.3) is 0 Å². The van der Waals surface area contributed by atoms with Crippen molar-refractivity contribution in [1.29, 1.82) is 0 Å². The van der Waals surface area contributed by atoms with Crippen LogP contribution in [0, 0.1) is 0 Å². The fraction of sp³-hybridized carbons (Fsp3) is 0. The SMILES string of the molecule is O=C(O)c1cnc(Nc2cccc(Cl)c2)c(Br)c1. The third-order valence-corrected chi connectivity index (χ3v) is 3.02. The molecule has 0 aliphatic rings. The van der Waals surface area contributed by atoms with Crippen molar-refractivity contribution in [1.82, 2.24) is 4.98 Å². The second-order valence-electron chi connectivity index (χ2n) is 3.49. The van der Waals surface area contributed by atoms with Crippen molar-refractivity contribution in [3.8, 4) is 0 Å². The van der Waals surface area contributed by atoms with Gasteiger partial charge < -0.3 is 10.4 Å². The maximum atomic E-state index is 10.8. The van der Waals surface area contributed by atoms with Gasteiger partial charge in [0.1, 0.15) is 5.82 Å². The summed E-state index contributed by atoms with van der Waals surface area (Å²) in [4.78, 5) is 14.8. The predicted molar refractivity (Wildman–Crippen MR) is 73.6 cm³/mol. The monoisotopic (exact) mass is 326 g/mol. The summed E-state index contributed by atoms with van der Waals surface area (Å²) in [6.07, 6.45) is 1.29. The van der Waals surface area contributed by atoms with Crippen molar-refractivity contribution in [2.45, 2.75) is 0 Å². The van der Waals surface area contributed by atoms with Gasteiger partial charge in [-0.3, -0.25) is 0 Å². The van der Waals surface area contributed by atoms with E-state index in [1.165, 1.54) is 12.3 Å². The van der Waals surface area contributed by atoms with E-state index in [9.17, 15) is 4.79 Å². The van der Waals surface area contributed by atoms with Gasteiger partial charge in [0.2, 0.25) is 0 Å². The molecule has 0 amide bonds. The number of aromatic nitrogens is 1. The lowest BCUT2D eigenvalue weighted by molar-refractivity contribution is 0.0696. The first-order valence-corrected chi connectivity index (χ1v) is 6.15. The topological polar surface area (TPSA) is 62.2 Å². The van der Waals surface area contributed by atoms with Gasteiger partial charge in [0.05, 0.1) is 10.0 Å². The molecule has 1 aromatic carbocycles. The van der Waals surface area contributed by atoms with Crippen LogP contribution in [0.2, 0.25) is 5.02 Å². The van der Waals surface area contributed by atoms with Gasteiger partial charge in [-0.2, -0.15) is 0 Å². The summed E-state index contributed by atoms with van der Waals surface area (Å²) in [5, 5.41) is 12.5. The number of nitrogens with one attached hydrogen (secondary N) is 1. The summed E-state index contributed by atoms with van der Waals surface area (Å²) in [5.41, 5.74) is 0.900. The number of hydrogen-bond donors (Lipinski definition) is 2. The molecule has 18 heavy (non-hydrogen) atoms. The smallest absolute Gasteiger partial charge is 0.337 e. The summed E-state index contributed by atoms with van der Waals surface area (Å²) in [6.45, 7) is 0. The molecule has 92 valence electrons. The normalized spacial score (nSPS) is 10.1. The highest BCUT2D eigenvalue weighted by Crippen LogP contribution is 2.25. The Morgan fingerprint density at radius 3 is 2.78 bits per heavy atom. The highest BCUT2D eigenvalue weighted by molar-refractivity contribution is 9.10. The number of anilines is 2. The van der Waals surface area contributed by atoms with Gasteiger partial charge in [-0.25, -0.2) is 9.78 Å². The standard InChI is InChI=1S/C12H8BrClN2O2/c13-10-4-7(12(17)18)6-15-11(10)16-9-3-1-2-8(14)5-9/h1-6H,(H,15,16)(H,17,18). The molecule has 0 bridgehead atoms. The second-order valence-corrected chi connectivity index (χ2v) is 4.79. The lowest BCUT2D eigenvalue weighted by Gasteiger charge is -2.08. The van der Waals surface area contributed by atoms with Crippen LogP contribution in [0.1, 0.15) is 10.4 Å². The molecule has 2 rings (SSSR count). The van der Waals surface area contributed by atoms with Crippen molar-refractivity contribution < 1.29 is 9.90 Å². The Hall–Kier alpha value is -1.59. The molecule has 2 aromatic rings. The number of aromatic carboxylic acids is 1. The van der Waals surface area contributed by atoms with Crippen molar-refractivity contribution in [3.63, 3.8) is 0 Å². The number of nitrogens with zero attached hydrogens (tertiary/aromatic N) is 1. The number of pyridine rings is 1. The second kappa shape index (κ2) is 5.37. The molecule has 0 saturated heterocycles. The molecule has 0 aliphatic carbocycles. The minimum absolute atomic E-state index is 0.124. The molecule has 2 N–H and O–H groups in total. The zero-order valence-electron chi connectivity index (χ0n) is 9.02. The van der Waals surface area contributed by atoms with Gasteiger partial charge in [-0.05, 0) is 40.2 Å². The summed E-state index contributed by atoms with van der Waals surface area (Å²) in [5.74, 6) is -0.486. The number of hydrogen-bond acceptors (Lipinski definition) is 3. The average Bonchev–Trinajstić information content (AvgIpc) is 2.31. The quantitative estimate of drug-likeness (QED) is 0.896. The van der Waals surface area contributed by atoms with Gasteiger partial charge in [0, 0.05) is 16.9 Å². The molecule has 0 atom stereocenters. The van der Waals surface area contributed by atoms with E-state index in [0.717, 1.165) is 5.69 Å². The number of halogens is 2. The Balaban J connectivity index is 2.27. The number of carbonyl (C=O) groups is 1. The van der Waals surface area contributed by atoms with Crippen LogP contribution in [0.4, 0.5) is 11.5 Å². The fourth-order valence-corrected chi connectivity index (χ4v) is 1.99. The Morgan fingerprint density at radius 1 is 1.39 bits per heavy atom. The van der Waals surface area contributed by atoms with Crippen LogP contribution in [0.15, 0.2) is 41.0 Å². The van der Waals surface area contributed by atoms with Crippen LogP contribution in [0.3, 0.4) is 0 Å². The minimum atomic E-state index is -1.02. The van der Waals surface area contributed by atoms with Crippen molar-refractivity contribution >= 4 is 45.0 Å². The van der Waals surface area contributed by atoms with Crippen LogP contribution in [-0.4, -0.2) is 16.1 Å². The van der Waals surface area contributed by atoms with E-state index in [4.69, 9.17) is 16.7 Å². The van der Waals surface area contributed by atoms with Crippen LogP contribution in [0.5, 0.6) is 0 Å². The Labute approximate surface area is 117 Å². The van der Waals surface area contributed by atoms with E-state index in [2.05, 4.69) is 26.2 Å². The predicted octanol–water partition coefficient (Wildman–Crippen LogP) is 3.94. The first-order valence-electron chi connectivity index (χ1n) is 4.97. The largest absolute Gasteiger partial charge is 0.478 e. The average molecular weight is 328 g/mol. The van der Waals surface area contributed by atoms with E-state index in [0.29, 0.717) is 15.3 Å². The van der Waals surface area contributed by atoms with Gasteiger partial charge >= 0.3 is 5.97 Å².